The fourth-order valence-electron chi connectivity index (χ4n) is 8.37. The molecule has 0 aliphatic heterocycles. The Bertz CT molecular complexity index is 1860. The zero-order valence-electron chi connectivity index (χ0n) is 52.0. The van der Waals surface area contributed by atoms with Crippen molar-refractivity contribution in [3.8, 4) is 0 Å². The lowest BCUT2D eigenvalue weighted by Crippen LogP contribution is -2.30. The monoisotopic (exact) mass is 1110 g/mol. The minimum atomic E-state index is -0.830. The van der Waals surface area contributed by atoms with E-state index >= 15 is 0 Å². The molecular formula is C75H118O6. The van der Waals surface area contributed by atoms with Crippen molar-refractivity contribution < 1.29 is 28.6 Å². The summed E-state index contributed by atoms with van der Waals surface area (Å²) in [6.07, 6.45) is 99.4. The second-order valence-corrected chi connectivity index (χ2v) is 20.9. The average Bonchev–Trinajstić information content (AvgIpc) is 3.47. The Labute approximate surface area is 498 Å². The van der Waals surface area contributed by atoms with Gasteiger partial charge in [0.1, 0.15) is 13.2 Å². The Balaban J connectivity index is 4.52. The van der Waals surface area contributed by atoms with E-state index in [1.165, 1.54) is 89.9 Å². The highest BCUT2D eigenvalue weighted by molar-refractivity contribution is 5.71. The lowest BCUT2D eigenvalue weighted by atomic mass is 10.1. The predicted octanol–water partition coefficient (Wildman–Crippen LogP) is 22.7. The van der Waals surface area contributed by atoms with Crippen LogP contribution in [0.1, 0.15) is 265 Å². The second kappa shape index (κ2) is 67.3. The molecule has 0 saturated heterocycles. The molecule has 0 rings (SSSR count). The first-order valence-electron chi connectivity index (χ1n) is 32.6. The van der Waals surface area contributed by atoms with Crippen LogP contribution in [-0.2, 0) is 28.6 Å². The van der Waals surface area contributed by atoms with E-state index in [9.17, 15) is 14.4 Å². The summed E-state index contributed by atoms with van der Waals surface area (Å²) in [4.78, 5) is 38.3. The van der Waals surface area contributed by atoms with E-state index in [4.69, 9.17) is 14.2 Å². The van der Waals surface area contributed by atoms with Gasteiger partial charge in [0, 0.05) is 19.3 Å². The molecule has 6 nitrogen and oxygen atoms in total. The van der Waals surface area contributed by atoms with E-state index in [0.29, 0.717) is 19.3 Å². The highest BCUT2D eigenvalue weighted by atomic mass is 16.6. The van der Waals surface area contributed by atoms with Gasteiger partial charge in [0.05, 0.1) is 0 Å². The van der Waals surface area contributed by atoms with Crippen LogP contribution >= 0.6 is 0 Å². The van der Waals surface area contributed by atoms with Crippen LogP contribution in [0.15, 0.2) is 170 Å². The largest absolute Gasteiger partial charge is 0.462 e. The number of rotatable bonds is 57. The molecule has 6 heteroatoms. The van der Waals surface area contributed by atoms with Crippen molar-refractivity contribution in [3.63, 3.8) is 0 Å². The Kier molecular flexibility index (Phi) is 62.9. The van der Waals surface area contributed by atoms with Crippen LogP contribution in [0.2, 0.25) is 0 Å². The van der Waals surface area contributed by atoms with Gasteiger partial charge in [-0.25, -0.2) is 0 Å². The van der Waals surface area contributed by atoms with Crippen molar-refractivity contribution in [2.24, 2.45) is 0 Å². The lowest BCUT2D eigenvalue weighted by Gasteiger charge is -2.18. The Morgan fingerprint density at radius 2 is 0.494 bits per heavy atom. The summed E-state index contributed by atoms with van der Waals surface area (Å²) in [5.41, 5.74) is 0. The van der Waals surface area contributed by atoms with Crippen molar-refractivity contribution in [3.05, 3.63) is 170 Å². The summed E-state index contributed by atoms with van der Waals surface area (Å²) in [7, 11) is 0. The van der Waals surface area contributed by atoms with Crippen molar-refractivity contribution in [1.82, 2.24) is 0 Å². The van der Waals surface area contributed by atoms with Gasteiger partial charge in [-0.1, -0.05) is 268 Å². The summed E-state index contributed by atoms with van der Waals surface area (Å²) < 4.78 is 16.8. The van der Waals surface area contributed by atoms with Crippen LogP contribution in [0.5, 0.6) is 0 Å². The van der Waals surface area contributed by atoms with E-state index in [1.54, 1.807) is 0 Å². The molecule has 0 aromatic carbocycles. The third-order valence-corrected chi connectivity index (χ3v) is 13.2. The van der Waals surface area contributed by atoms with E-state index < -0.39 is 6.10 Å². The summed E-state index contributed by atoms with van der Waals surface area (Å²) in [6.45, 7) is 6.32. The maximum atomic E-state index is 12.9. The van der Waals surface area contributed by atoms with Crippen LogP contribution in [0.4, 0.5) is 0 Å². The van der Waals surface area contributed by atoms with E-state index in [0.717, 1.165) is 122 Å². The van der Waals surface area contributed by atoms with Gasteiger partial charge < -0.3 is 14.2 Å². The zero-order valence-corrected chi connectivity index (χ0v) is 52.0. The second-order valence-electron chi connectivity index (χ2n) is 20.9. The first kappa shape index (κ1) is 75.8. The molecule has 0 aromatic rings. The molecule has 0 amide bonds. The number of carbonyl (C=O) groups is 3. The summed E-state index contributed by atoms with van der Waals surface area (Å²) in [6, 6.07) is 0. The normalized spacial score (nSPS) is 13.3. The number of ether oxygens (including phenoxy) is 3. The predicted molar refractivity (Wildman–Crippen MR) is 352 cm³/mol. The number of hydrogen-bond acceptors (Lipinski definition) is 6. The van der Waals surface area contributed by atoms with E-state index in [-0.39, 0.29) is 44.0 Å². The number of hydrogen-bond donors (Lipinski definition) is 0. The highest BCUT2D eigenvalue weighted by Gasteiger charge is 2.19. The van der Waals surface area contributed by atoms with Gasteiger partial charge in [-0.15, -0.1) is 0 Å². The molecule has 0 aromatic heterocycles. The molecular weight excluding hydrogens is 997 g/mol. The zero-order chi connectivity index (χ0) is 58.5. The molecule has 0 bridgehead atoms. The molecule has 81 heavy (non-hydrogen) atoms. The molecule has 0 N–H and O–H groups in total. The standard InChI is InChI=1S/C75H118O6/c1-4-7-10-13-16-19-22-25-28-30-32-33-34-35-36-37-38-39-40-41-43-44-47-50-53-56-59-62-65-68-74(77)80-71-72(70-79-73(76)67-64-61-58-55-52-49-46-27-24-21-18-15-12-9-6-3)81-75(78)69-66-63-60-57-54-51-48-45-42-31-29-26-23-20-17-14-11-8-5-2/h7,9-10,12,16,18-19,21,25-29,32-33,35-36,38-39,41,43,46-47,50,52,55-56,59,72H,4-6,8,11,13-15,17,20,22-24,30-31,34,37,40,42,44-45,48-49,51,53-54,57-58,60-71H2,1-3H3/b10-7-,12-9-,19-16-,21-18-,28-25-,29-26-,33-32-,36-35-,39-38-,43-41-,46-27-,50-47-,55-52-,59-56-. The number of esters is 3. The van der Waals surface area contributed by atoms with E-state index in [2.05, 4.69) is 191 Å². The van der Waals surface area contributed by atoms with Crippen molar-refractivity contribution in [1.29, 1.82) is 0 Å². The molecule has 0 aliphatic carbocycles. The van der Waals surface area contributed by atoms with Crippen molar-refractivity contribution >= 4 is 17.9 Å². The van der Waals surface area contributed by atoms with Crippen LogP contribution in [0.3, 0.4) is 0 Å². The molecule has 1 atom stereocenters. The Morgan fingerprint density at radius 1 is 0.259 bits per heavy atom. The summed E-state index contributed by atoms with van der Waals surface area (Å²) >= 11 is 0. The summed E-state index contributed by atoms with van der Waals surface area (Å²) in [5.74, 6) is -1.03. The van der Waals surface area contributed by atoms with Crippen molar-refractivity contribution in [2.45, 2.75) is 271 Å². The molecule has 0 heterocycles. The van der Waals surface area contributed by atoms with Gasteiger partial charge in [0.25, 0.3) is 0 Å². The summed E-state index contributed by atoms with van der Waals surface area (Å²) in [5, 5.41) is 0. The third kappa shape index (κ3) is 65.5. The molecule has 0 fully saturated rings. The average molecular weight is 1120 g/mol. The fourth-order valence-corrected chi connectivity index (χ4v) is 8.37. The number of unbranched alkanes of at least 4 members (excludes halogenated alkanes) is 18. The third-order valence-electron chi connectivity index (χ3n) is 13.2. The number of carbonyl (C=O) groups excluding carboxylic acids is 3. The smallest absolute Gasteiger partial charge is 0.306 e. The van der Waals surface area contributed by atoms with Gasteiger partial charge >= 0.3 is 17.9 Å². The lowest BCUT2D eigenvalue weighted by molar-refractivity contribution is -0.167. The van der Waals surface area contributed by atoms with Crippen molar-refractivity contribution in [2.75, 3.05) is 13.2 Å². The van der Waals surface area contributed by atoms with Crippen LogP contribution in [0, 0.1) is 0 Å². The maximum absolute atomic E-state index is 12.9. The SMILES string of the molecule is CC/C=C\C/C=C\C/C=C\C/C=C\C/C=C\C/C=C\C/C=C\C/C=C\C/C=C\CCCC(=O)OCC(COC(=O)CCCC/C=C\C/C=C\C/C=C\C/C=C\CC)OC(=O)CCCCCCCCCCC/C=C\CCCCCCCC. The highest BCUT2D eigenvalue weighted by Crippen LogP contribution is 2.14. The Hall–Kier alpha value is -5.23. The molecule has 0 spiro atoms. The fraction of sp³-hybridized carbons (Fsp3) is 0.587. The molecule has 0 saturated carbocycles. The first-order valence-corrected chi connectivity index (χ1v) is 32.6. The minimum absolute atomic E-state index is 0.125. The van der Waals surface area contributed by atoms with Gasteiger partial charge in [0.2, 0.25) is 0 Å². The van der Waals surface area contributed by atoms with E-state index in [1.807, 2.05) is 0 Å². The molecule has 0 radical (unpaired) electrons. The number of allylic oxidation sites excluding steroid dienone is 28. The van der Waals surface area contributed by atoms with Crippen LogP contribution in [0.25, 0.3) is 0 Å². The minimum Gasteiger partial charge on any atom is -0.462 e. The van der Waals surface area contributed by atoms with Gasteiger partial charge in [-0.05, 0) is 148 Å². The van der Waals surface area contributed by atoms with Crippen LogP contribution in [-0.4, -0.2) is 37.2 Å². The van der Waals surface area contributed by atoms with Gasteiger partial charge in [0.15, 0.2) is 6.10 Å². The molecule has 0 aliphatic rings. The van der Waals surface area contributed by atoms with Gasteiger partial charge in [-0.2, -0.15) is 0 Å². The van der Waals surface area contributed by atoms with Gasteiger partial charge in [-0.3, -0.25) is 14.4 Å². The Morgan fingerprint density at radius 3 is 0.840 bits per heavy atom. The molecule has 1 unspecified atom stereocenters. The molecule has 454 valence electrons. The van der Waals surface area contributed by atoms with Crippen LogP contribution < -0.4 is 0 Å². The quantitative estimate of drug-likeness (QED) is 0.0261. The topological polar surface area (TPSA) is 78.9 Å². The maximum Gasteiger partial charge on any atom is 0.306 e. The first-order chi connectivity index (χ1) is 40.0.